The van der Waals surface area contributed by atoms with Crippen molar-refractivity contribution in [2.75, 3.05) is 0 Å². The molecule has 0 saturated heterocycles. The van der Waals surface area contributed by atoms with Gasteiger partial charge in [0, 0.05) is 23.7 Å². The van der Waals surface area contributed by atoms with Crippen molar-refractivity contribution in [3.05, 3.63) is 52.3 Å². The van der Waals surface area contributed by atoms with Crippen LogP contribution < -0.4 is 0 Å². The molecule has 2 aromatic rings. The number of rotatable bonds is 4. The third-order valence-corrected chi connectivity index (χ3v) is 4.21. The highest BCUT2D eigenvalue weighted by molar-refractivity contribution is 5.70. The number of aromatic nitrogens is 2. The molecular formula is C16H18N2O2. The molecule has 0 aliphatic heterocycles. The average molecular weight is 270 g/mol. The van der Waals surface area contributed by atoms with E-state index in [4.69, 9.17) is 5.11 Å². The zero-order chi connectivity index (χ0) is 14.3. The Labute approximate surface area is 118 Å². The normalized spacial score (nSPS) is 16.6. The molecule has 0 bridgehead atoms. The number of hydrogen-bond acceptors (Lipinski definition) is 2. The van der Waals surface area contributed by atoms with Crippen LogP contribution in [0.3, 0.4) is 0 Å². The van der Waals surface area contributed by atoms with Gasteiger partial charge in [-0.1, -0.05) is 24.3 Å². The number of hydrogen-bond donors (Lipinski definition) is 1. The number of carbonyl (C=O) groups is 1. The zero-order valence-corrected chi connectivity index (χ0v) is 11.8. The maximum absolute atomic E-state index is 10.9. The van der Waals surface area contributed by atoms with Crippen molar-refractivity contribution in [2.45, 2.75) is 39.2 Å². The topological polar surface area (TPSA) is 55.1 Å². The van der Waals surface area contributed by atoms with Crippen molar-refractivity contribution < 1.29 is 9.90 Å². The monoisotopic (exact) mass is 270 g/mol. The number of carboxylic acids is 1. The minimum absolute atomic E-state index is 0.0545. The first-order chi connectivity index (χ1) is 9.56. The van der Waals surface area contributed by atoms with E-state index >= 15 is 0 Å². The molecule has 0 amide bonds. The van der Waals surface area contributed by atoms with Crippen molar-refractivity contribution in [3.63, 3.8) is 0 Å². The van der Waals surface area contributed by atoms with E-state index in [-0.39, 0.29) is 6.42 Å². The number of aryl methyl sites for hydroxylation is 1. The Bertz CT molecular complexity index is 673. The Hall–Kier alpha value is -2.10. The summed E-state index contributed by atoms with van der Waals surface area (Å²) in [6.07, 6.45) is 1.14. The van der Waals surface area contributed by atoms with E-state index in [1.54, 1.807) is 0 Å². The number of aliphatic carboxylic acids is 1. The number of fused-ring (bicyclic) bond motifs is 1. The van der Waals surface area contributed by atoms with Gasteiger partial charge < -0.3 is 5.11 Å². The van der Waals surface area contributed by atoms with E-state index < -0.39 is 5.97 Å². The van der Waals surface area contributed by atoms with Crippen molar-refractivity contribution >= 4 is 5.97 Å². The summed E-state index contributed by atoms with van der Waals surface area (Å²) in [6.45, 7) is 4.68. The zero-order valence-electron chi connectivity index (χ0n) is 11.8. The Balaban J connectivity index is 1.81. The van der Waals surface area contributed by atoms with Gasteiger partial charge in [-0.3, -0.25) is 9.48 Å². The highest BCUT2D eigenvalue weighted by atomic mass is 16.4. The quantitative estimate of drug-likeness (QED) is 0.928. The summed E-state index contributed by atoms with van der Waals surface area (Å²) in [6, 6.07) is 8.49. The number of benzene rings is 1. The van der Waals surface area contributed by atoms with Crippen LogP contribution in [0.15, 0.2) is 24.3 Å². The van der Waals surface area contributed by atoms with Crippen LogP contribution in [0, 0.1) is 13.8 Å². The lowest BCUT2D eigenvalue weighted by molar-refractivity contribution is -0.136. The molecule has 1 aliphatic carbocycles. The van der Waals surface area contributed by atoms with Gasteiger partial charge in [-0.05, 0) is 31.4 Å². The molecule has 1 unspecified atom stereocenters. The van der Waals surface area contributed by atoms with Gasteiger partial charge >= 0.3 is 5.97 Å². The van der Waals surface area contributed by atoms with E-state index in [0.717, 1.165) is 29.9 Å². The first-order valence-electron chi connectivity index (χ1n) is 6.88. The Morgan fingerprint density at radius 2 is 2.15 bits per heavy atom. The summed E-state index contributed by atoms with van der Waals surface area (Å²) >= 11 is 0. The van der Waals surface area contributed by atoms with Crippen LogP contribution in [0.5, 0.6) is 0 Å². The predicted molar refractivity (Wildman–Crippen MR) is 75.9 cm³/mol. The molecule has 1 atom stereocenters. The fourth-order valence-corrected chi connectivity index (χ4v) is 3.05. The van der Waals surface area contributed by atoms with Crippen molar-refractivity contribution in [1.29, 1.82) is 0 Å². The maximum atomic E-state index is 10.9. The minimum atomic E-state index is -0.801. The second kappa shape index (κ2) is 4.78. The summed E-state index contributed by atoms with van der Waals surface area (Å²) in [5.41, 5.74) is 5.49. The lowest BCUT2D eigenvalue weighted by atomic mass is 9.77. The summed E-state index contributed by atoms with van der Waals surface area (Å²) in [7, 11) is 0. The molecule has 0 spiro atoms. The van der Waals surface area contributed by atoms with Gasteiger partial charge in [0.1, 0.15) is 0 Å². The van der Waals surface area contributed by atoms with E-state index in [1.165, 1.54) is 11.1 Å². The smallest absolute Gasteiger partial charge is 0.307 e. The van der Waals surface area contributed by atoms with Crippen molar-refractivity contribution in [1.82, 2.24) is 9.78 Å². The molecule has 4 nitrogen and oxygen atoms in total. The second-order valence-electron chi connectivity index (χ2n) is 5.50. The van der Waals surface area contributed by atoms with Gasteiger partial charge in [-0.2, -0.15) is 5.10 Å². The Morgan fingerprint density at radius 1 is 1.40 bits per heavy atom. The molecule has 0 fully saturated rings. The minimum Gasteiger partial charge on any atom is -0.481 e. The molecule has 0 radical (unpaired) electrons. The van der Waals surface area contributed by atoms with Crippen LogP contribution in [0.2, 0.25) is 0 Å². The third kappa shape index (κ3) is 2.11. The fraction of sp³-hybridized carbons (Fsp3) is 0.375. The van der Waals surface area contributed by atoms with E-state index in [2.05, 4.69) is 29.4 Å². The van der Waals surface area contributed by atoms with Crippen LogP contribution in [0.1, 0.15) is 34.0 Å². The van der Waals surface area contributed by atoms with Crippen molar-refractivity contribution in [2.24, 2.45) is 0 Å². The second-order valence-corrected chi connectivity index (χ2v) is 5.50. The first-order valence-corrected chi connectivity index (χ1v) is 6.88. The molecule has 1 N–H and O–H groups in total. The van der Waals surface area contributed by atoms with Crippen LogP contribution in [-0.2, 0) is 24.2 Å². The Kier molecular flexibility index (Phi) is 3.08. The molecule has 20 heavy (non-hydrogen) atoms. The molecule has 3 rings (SSSR count). The van der Waals surface area contributed by atoms with Gasteiger partial charge in [0.05, 0.1) is 12.1 Å². The molecule has 1 aliphatic rings. The SMILES string of the molecule is Cc1nn(CC2Cc3ccccc32)c(C)c1CC(=O)O. The highest BCUT2D eigenvalue weighted by Crippen LogP contribution is 2.36. The summed E-state index contributed by atoms with van der Waals surface area (Å²) in [5.74, 6) is -0.299. The van der Waals surface area contributed by atoms with Gasteiger partial charge in [-0.15, -0.1) is 0 Å². The Morgan fingerprint density at radius 3 is 2.85 bits per heavy atom. The van der Waals surface area contributed by atoms with E-state index in [9.17, 15) is 4.79 Å². The molecule has 0 saturated carbocycles. The lowest BCUT2D eigenvalue weighted by Crippen LogP contribution is -2.23. The maximum Gasteiger partial charge on any atom is 0.307 e. The summed E-state index contributed by atoms with van der Waals surface area (Å²) in [5, 5.41) is 13.5. The van der Waals surface area contributed by atoms with Gasteiger partial charge in [0.25, 0.3) is 0 Å². The molecular weight excluding hydrogens is 252 g/mol. The number of carboxylic acid groups (broad SMARTS) is 1. The van der Waals surface area contributed by atoms with Gasteiger partial charge in [0.15, 0.2) is 0 Å². The molecule has 4 heteroatoms. The van der Waals surface area contributed by atoms with Crippen molar-refractivity contribution in [3.8, 4) is 0 Å². The van der Waals surface area contributed by atoms with Gasteiger partial charge in [-0.25, -0.2) is 0 Å². The van der Waals surface area contributed by atoms with E-state index in [1.807, 2.05) is 18.5 Å². The van der Waals surface area contributed by atoms with Crippen LogP contribution in [0.4, 0.5) is 0 Å². The standard InChI is InChI=1S/C16H18N2O2/c1-10-15(8-16(19)20)11(2)18(17-10)9-13-7-12-5-3-4-6-14(12)13/h3-6,13H,7-9H2,1-2H3,(H,19,20). The molecule has 104 valence electrons. The average Bonchev–Trinajstić information content (AvgIpc) is 2.63. The summed E-state index contributed by atoms with van der Waals surface area (Å²) in [4.78, 5) is 10.9. The van der Waals surface area contributed by atoms with Gasteiger partial charge in [0.2, 0.25) is 0 Å². The largest absolute Gasteiger partial charge is 0.481 e. The first kappa shape index (κ1) is 12.9. The van der Waals surface area contributed by atoms with Crippen LogP contribution >= 0.6 is 0 Å². The lowest BCUT2D eigenvalue weighted by Gasteiger charge is -2.30. The molecule has 1 aromatic carbocycles. The fourth-order valence-electron chi connectivity index (χ4n) is 3.05. The molecule has 1 aromatic heterocycles. The van der Waals surface area contributed by atoms with E-state index in [0.29, 0.717) is 5.92 Å². The number of nitrogens with zero attached hydrogens (tertiary/aromatic N) is 2. The third-order valence-electron chi connectivity index (χ3n) is 4.21. The predicted octanol–water partition coefficient (Wildman–Crippen LogP) is 2.47. The molecule has 1 heterocycles. The highest BCUT2D eigenvalue weighted by Gasteiger charge is 2.27. The van der Waals surface area contributed by atoms with Crippen LogP contribution in [0.25, 0.3) is 0 Å². The van der Waals surface area contributed by atoms with Crippen LogP contribution in [-0.4, -0.2) is 20.9 Å². The summed E-state index contributed by atoms with van der Waals surface area (Å²) < 4.78 is 1.97.